The molecule has 12 heteroatoms. The molecular weight excluding hydrogens is 405 g/mol. The third-order valence-corrected chi connectivity index (χ3v) is 4.74. The van der Waals surface area contributed by atoms with Gasteiger partial charge in [-0.05, 0) is 23.8 Å². The van der Waals surface area contributed by atoms with Crippen molar-refractivity contribution in [2.45, 2.75) is 12.7 Å². The molecule has 9 nitrogen and oxygen atoms in total. The Balaban J connectivity index is 1.61. The van der Waals surface area contributed by atoms with Crippen LogP contribution in [0.2, 0.25) is 0 Å². The minimum Gasteiger partial charge on any atom is -0.476 e. The molecule has 1 aliphatic rings. The number of benzene rings is 1. The van der Waals surface area contributed by atoms with Gasteiger partial charge in [-0.15, -0.1) is 0 Å². The van der Waals surface area contributed by atoms with Gasteiger partial charge in [0.05, 0.1) is 12.2 Å². The molecule has 1 aromatic carbocycles. The number of amides is 1. The summed E-state index contributed by atoms with van der Waals surface area (Å²) in [6.45, 7) is 1.81. The number of halogens is 3. The van der Waals surface area contributed by atoms with Crippen LogP contribution in [0.15, 0.2) is 30.5 Å². The van der Waals surface area contributed by atoms with Crippen molar-refractivity contribution < 1.29 is 27.9 Å². The third kappa shape index (κ3) is 4.89. The minimum absolute atomic E-state index is 0.0656. The fraction of sp³-hybridized carbons (Fsp3) is 0.389. The van der Waals surface area contributed by atoms with Gasteiger partial charge in [0.1, 0.15) is 0 Å². The first-order chi connectivity index (χ1) is 14.2. The zero-order chi connectivity index (χ0) is 21.9. The Hall–Kier alpha value is -3.12. The Morgan fingerprint density at radius 3 is 2.43 bits per heavy atom. The van der Waals surface area contributed by atoms with Crippen molar-refractivity contribution >= 4 is 17.7 Å². The number of rotatable bonds is 5. The molecule has 0 unspecified atom stereocenters. The Morgan fingerprint density at radius 1 is 1.17 bits per heavy atom. The van der Waals surface area contributed by atoms with E-state index >= 15 is 0 Å². The van der Waals surface area contributed by atoms with Gasteiger partial charge in [-0.2, -0.15) is 23.0 Å². The molecule has 1 aromatic heterocycles. The number of carbonyl (C=O) groups is 2. The van der Waals surface area contributed by atoms with Gasteiger partial charge in [0.25, 0.3) is 0 Å². The number of anilines is 1. The highest BCUT2D eigenvalue weighted by Gasteiger charge is 2.34. The lowest BCUT2D eigenvalue weighted by atomic mass is 10.1. The van der Waals surface area contributed by atoms with Gasteiger partial charge < -0.3 is 21.1 Å². The van der Waals surface area contributed by atoms with Crippen molar-refractivity contribution in [3.8, 4) is 0 Å². The summed E-state index contributed by atoms with van der Waals surface area (Å²) in [6, 6.07) is 4.87. The highest BCUT2D eigenvalue weighted by atomic mass is 19.4. The summed E-state index contributed by atoms with van der Waals surface area (Å²) in [6.07, 6.45) is -3.22. The minimum atomic E-state index is -4.50. The molecule has 0 saturated carbocycles. The summed E-state index contributed by atoms with van der Waals surface area (Å²) in [5.74, 6) is -1.22. The average molecular weight is 426 g/mol. The van der Waals surface area contributed by atoms with Crippen molar-refractivity contribution in [2.24, 2.45) is 5.73 Å². The second kappa shape index (κ2) is 8.71. The van der Waals surface area contributed by atoms with Crippen LogP contribution in [0.25, 0.3) is 0 Å². The van der Waals surface area contributed by atoms with Crippen molar-refractivity contribution in [3.63, 3.8) is 0 Å². The largest absolute Gasteiger partial charge is 0.476 e. The van der Waals surface area contributed by atoms with Crippen LogP contribution in [0.5, 0.6) is 0 Å². The van der Waals surface area contributed by atoms with E-state index in [0.717, 1.165) is 10.7 Å². The number of carbonyl (C=O) groups excluding carboxylic acids is 1. The molecule has 1 amide bonds. The van der Waals surface area contributed by atoms with Gasteiger partial charge >= 0.3 is 18.2 Å². The van der Waals surface area contributed by atoms with Crippen molar-refractivity contribution in [1.29, 1.82) is 0 Å². The zero-order valence-electron chi connectivity index (χ0n) is 15.9. The van der Waals surface area contributed by atoms with E-state index in [-0.39, 0.29) is 18.1 Å². The lowest BCUT2D eigenvalue weighted by molar-refractivity contribution is -0.137. The molecule has 0 atom stereocenters. The standard InChI is InChI=1S/C18H21F3N6O3/c19-18(20,21)13-9-12(1-2-14(13)23-11-22)10-25-5-7-26(8-6-25)17(30)27-4-3-15(24-27)16(28)29/h1-4,9,23H,5-8,10-11,22H2,(H,28,29). The van der Waals surface area contributed by atoms with Crippen molar-refractivity contribution in [3.05, 3.63) is 47.3 Å². The maximum absolute atomic E-state index is 13.3. The molecule has 30 heavy (non-hydrogen) atoms. The van der Waals surface area contributed by atoms with Gasteiger partial charge in [-0.25, -0.2) is 9.59 Å². The van der Waals surface area contributed by atoms with E-state index in [1.165, 1.54) is 23.2 Å². The van der Waals surface area contributed by atoms with E-state index in [4.69, 9.17) is 10.8 Å². The van der Waals surface area contributed by atoms with E-state index in [0.29, 0.717) is 38.3 Å². The molecule has 2 aromatic rings. The smallest absolute Gasteiger partial charge is 0.418 e. The van der Waals surface area contributed by atoms with Crippen LogP contribution in [0.4, 0.5) is 23.7 Å². The van der Waals surface area contributed by atoms with Crippen molar-refractivity contribution in [2.75, 3.05) is 38.2 Å². The van der Waals surface area contributed by atoms with Gasteiger partial charge in [0.2, 0.25) is 0 Å². The lowest BCUT2D eigenvalue weighted by Gasteiger charge is -2.34. The SMILES string of the molecule is NCNc1ccc(CN2CCN(C(=O)n3ccc(C(=O)O)n3)CC2)cc1C(F)(F)F. The number of aromatic nitrogens is 2. The van der Waals surface area contributed by atoms with Crippen LogP contribution >= 0.6 is 0 Å². The van der Waals surface area contributed by atoms with Crippen molar-refractivity contribution in [1.82, 2.24) is 19.6 Å². The molecule has 0 radical (unpaired) electrons. The predicted octanol–water partition coefficient (Wildman–Crippen LogP) is 1.71. The van der Waals surface area contributed by atoms with E-state index in [2.05, 4.69) is 10.4 Å². The Morgan fingerprint density at radius 2 is 1.87 bits per heavy atom. The predicted molar refractivity (Wildman–Crippen MR) is 101 cm³/mol. The first kappa shape index (κ1) is 21.6. The Bertz CT molecular complexity index is 922. The normalized spacial score (nSPS) is 15.3. The number of nitrogens with one attached hydrogen (secondary N) is 1. The fourth-order valence-electron chi connectivity index (χ4n) is 3.23. The number of carboxylic acid groups (broad SMARTS) is 1. The molecule has 3 rings (SSSR count). The van der Waals surface area contributed by atoms with Gasteiger partial charge in [-0.3, -0.25) is 4.90 Å². The first-order valence-corrected chi connectivity index (χ1v) is 9.13. The second-order valence-corrected chi connectivity index (χ2v) is 6.76. The topological polar surface area (TPSA) is 117 Å². The van der Waals surface area contributed by atoms with E-state index < -0.39 is 23.7 Å². The van der Waals surface area contributed by atoms with E-state index in [1.54, 1.807) is 6.07 Å². The van der Waals surface area contributed by atoms with Crippen LogP contribution in [0.1, 0.15) is 21.6 Å². The number of nitrogens with zero attached hydrogens (tertiary/aromatic N) is 4. The summed E-state index contributed by atoms with van der Waals surface area (Å²) >= 11 is 0. The molecule has 0 bridgehead atoms. The van der Waals surface area contributed by atoms with Crippen LogP contribution in [0, 0.1) is 0 Å². The molecule has 0 spiro atoms. The van der Waals surface area contributed by atoms with Crippen LogP contribution in [-0.4, -0.2) is 69.5 Å². The zero-order valence-corrected chi connectivity index (χ0v) is 15.9. The fourth-order valence-corrected chi connectivity index (χ4v) is 3.23. The lowest BCUT2D eigenvalue weighted by Crippen LogP contribution is -2.49. The van der Waals surface area contributed by atoms with Crippen LogP contribution < -0.4 is 11.1 Å². The second-order valence-electron chi connectivity index (χ2n) is 6.76. The molecule has 1 aliphatic heterocycles. The van der Waals surface area contributed by atoms with E-state index in [1.807, 2.05) is 4.90 Å². The number of hydrogen-bond acceptors (Lipinski definition) is 6. The van der Waals surface area contributed by atoms with E-state index in [9.17, 15) is 22.8 Å². The molecule has 0 aliphatic carbocycles. The summed E-state index contributed by atoms with van der Waals surface area (Å²) in [5, 5.41) is 15.1. The monoisotopic (exact) mass is 426 g/mol. The van der Waals surface area contributed by atoms with Gasteiger partial charge in [0, 0.05) is 44.6 Å². The highest BCUT2D eigenvalue weighted by Crippen LogP contribution is 2.35. The number of hydrogen-bond donors (Lipinski definition) is 3. The molecule has 1 fully saturated rings. The molecular formula is C18H21F3N6O3. The molecule has 4 N–H and O–H groups in total. The number of carboxylic acids is 1. The van der Waals surface area contributed by atoms with Crippen LogP contribution in [0.3, 0.4) is 0 Å². The highest BCUT2D eigenvalue weighted by molar-refractivity contribution is 5.86. The summed E-state index contributed by atoms with van der Waals surface area (Å²) in [5.41, 5.74) is 4.74. The maximum Gasteiger partial charge on any atom is 0.418 e. The number of aromatic carboxylic acids is 1. The number of piperazine rings is 1. The third-order valence-electron chi connectivity index (χ3n) is 4.74. The molecule has 162 valence electrons. The van der Waals surface area contributed by atoms with Gasteiger partial charge in [0.15, 0.2) is 5.69 Å². The average Bonchev–Trinajstić information content (AvgIpc) is 3.19. The first-order valence-electron chi connectivity index (χ1n) is 9.13. The summed E-state index contributed by atoms with van der Waals surface area (Å²) < 4.78 is 40.9. The summed E-state index contributed by atoms with van der Waals surface area (Å²) in [7, 11) is 0. The molecule has 2 heterocycles. The van der Waals surface area contributed by atoms with Crippen LogP contribution in [-0.2, 0) is 12.7 Å². The quantitative estimate of drug-likeness (QED) is 0.623. The summed E-state index contributed by atoms with van der Waals surface area (Å²) in [4.78, 5) is 26.8. The number of nitrogens with two attached hydrogens (primary N) is 1. The Kier molecular flexibility index (Phi) is 6.27. The number of alkyl halides is 3. The maximum atomic E-state index is 13.3. The van der Waals surface area contributed by atoms with Gasteiger partial charge in [-0.1, -0.05) is 6.07 Å². The molecule has 1 saturated heterocycles. The Labute approximate surface area is 169 Å².